The number of aliphatic carboxylic acids is 1. The number of hydrogen-bond donors (Lipinski definition) is 3. The first-order valence-electron chi connectivity index (χ1n) is 4.91. The minimum Gasteiger partial charge on any atom is -0.548 e. The van der Waals surface area contributed by atoms with Gasteiger partial charge in [0.05, 0.1) is 18.1 Å². The number of carbonyl (C=O) groups excluding carboxylic acids is 2. The summed E-state index contributed by atoms with van der Waals surface area (Å²) in [6.45, 7) is 1.28. The van der Waals surface area contributed by atoms with E-state index in [1.807, 2.05) is 6.26 Å². The van der Waals surface area contributed by atoms with Crippen LogP contribution < -0.4 is 16.2 Å². The molecule has 0 aromatic carbocycles. The van der Waals surface area contributed by atoms with Gasteiger partial charge in [-0.3, -0.25) is 4.79 Å². The maximum absolute atomic E-state index is 11.5. The van der Waals surface area contributed by atoms with Crippen molar-refractivity contribution < 1.29 is 25.5 Å². The zero-order valence-corrected chi connectivity index (χ0v) is 10.3. The maximum Gasteiger partial charge on any atom is 0.278 e. The molecule has 7 heteroatoms. The van der Waals surface area contributed by atoms with Gasteiger partial charge in [0, 0.05) is 6.42 Å². The highest BCUT2D eigenvalue weighted by Crippen LogP contribution is 1.99. The highest BCUT2D eigenvalue weighted by molar-refractivity contribution is 7.98. The summed E-state index contributed by atoms with van der Waals surface area (Å²) in [4.78, 5) is 22.1. The highest BCUT2D eigenvalue weighted by Gasteiger charge is 2.23. The van der Waals surface area contributed by atoms with E-state index in [1.165, 1.54) is 6.92 Å². The standard InChI is InChI=1S/C9H18N2O4S/c1-5(12)7(9(14)15)11-8(13)6(10)3-4-16-2/h5-7,12H,3-4,10H2,1-2H3,(H,11,13)(H,14,15)/t5-,6+,7+/m1/s1. The lowest BCUT2D eigenvalue weighted by molar-refractivity contribution is -0.404. The second kappa shape index (κ2) is 7.48. The Kier molecular flexibility index (Phi) is 7.11. The number of quaternary nitrogens is 1. The van der Waals surface area contributed by atoms with Crippen molar-refractivity contribution in [3.8, 4) is 0 Å². The zero-order valence-electron chi connectivity index (χ0n) is 9.43. The summed E-state index contributed by atoms with van der Waals surface area (Å²) in [6.07, 6.45) is 1.28. The van der Waals surface area contributed by atoms with Crippen molar-refractivity contribution in [2.75, 3.05) is 12.0 Å². The number of carboxylic acids is 1. The van der Waals surface area contributed by atoms with E-state index in [-0.39, 0.29) is 0 Å². The van der Waals surface area contributed by atoms with Crippen molar-refractivity contribution in [1.82, 2.24) is 5.32 Å². The quantitative estimate of drug-likeness (QED) is 0.444. The number of carboxylic acid groups (broad SMARTS) is 1. The molecule has 0 aliphatic heterocycles. The molecular formula is C9H18N2O4S. The fourth-order valence-electron chi connectivity index (χ4n) is 1.04. The molecule has 0 unspecified atom stereocenters. The lowest BCUT2D eigenvalue weighted by atomic mass is 10.1. The summed E-state index contributed by atoms with van der Waals surface area (Å²) >= 11 is 1.58. The third kappa shape index (κ3) is 5.34. The van der Waals surface area contributed by atoms with E-state index < -0.39 is 30.1 Å². The molecule has 0 aliphatic carbocycles. The number of carbonyl (C=O) groups is 2. The Balaban J connectivity index is 4.24. The van der Waals surface area contributed by atoms with Crippen LogP contribution in [-0.2, 0) is 9.59 Å². The van der Waals surface area contributed by atoms with Crippen LogP contribution in [0.4, 0.5) is 0 Å². The van der Waals surface area contributed by atoms with Gasteiger partial charge < -0.3 is 26.1 Å². The van der Waals surface area contributed by atoms with Crippen LogP contribution in [-0.4, -0.2) is 47.2 Å². The summed E-state index contributed by atoms with van der Waals surface area (Å²) in [5.74, 6) is -1.21. The Labute approximate surface area is 98.6 Å². The molecule has 6 nitrogen and oxygen atoms in total. The van der Waals surface area contributed by atoms with Crippen LogP contribution in [0.1, 0.15) is 13.3 Å². The number of hydrogen-bond acceptors (Lipinski definition) is 5. The van der Waals surface area contributed by atoms with Gasteiger partial charge in [-0.05, 0) is 18.9 Å². The van der Waals surface area contributed by atoms with Gasteiger partial charge in [-0.2, -0.15) is 11.8 Å². The molecule has 16 heavy (non-hydrogen) atoms. The zero-order chi connectivity index (χ0) is 12.7. The van der Waals surface area contributed by atoms with Crippen molar-refractivity contribution in [3.63, 3.8) is 0 Å². The molecule has 3 atom stereocenters. The second-order valence-corrected chi connectivity index (χ2v) is 4.51. The Morgan fingerprint density at radius 1 is 1.56 bits per heavy atom. The average molecular weight is 250 g/mol. The van der Waals surface area contributed by atoms with Gasteiger partial charge in [0.15, 0.2) is 6.04 Å². The smallest absolute Gasteiger partial charge is 0.278 e. The molecule has 0 rings (SSSR count). The first kappa shape index (κ1) is 15.2. The summed E-state index contributed by atoms with van der Waals surface area (Å²) in [5, 5.41) is 21.9. The molecular weight excluding hydrogens is 232 g/mol. The van der Waals surface area contributed by atoms with Crippen molar-refractivity contribution in [2.45, 2.75) is 31.5 Å². The van der Waals surface area contributed by atoms with Gasteiger partial charge in [-0.1, -0.05) is 0 Å². The van der Waals surface area contributed by atoms with Gasteiger partial charge in [0.25, 0.3) is 5.91 Å². The van der Waals surface area contributed by atoms with Crippen LogP contribution in [0, 0.1) is 0 Å². The number of aliphatic hydroxyl groups excluding tert-OH is 1. The van der Waals surface area contributed by atoms with E-state index in [0.717, 1.165) is 5.75 Å². The van der Waals surface area contributed by atoms with Gasteiger partial charge in [0.2, 0.25) is 0 Å². The van der Waals surface area contributed by atoms with Crippen LogP contribution in [0.3, 0.4) is 0 Å². The second-order valence-electron chi connectivity index (χ2n) is 3.52. The molecule has 0 spiro atoms. The van der Waals surface area contributed by atoms with Crippen molar-refractivity contribution in [2.24, 2.45) is 0 Å². The highest BCUT2D eigenvalue weighted by atomic mass is 32.2. The Bertz CT molecular complexity index is 248. The summed E-state index contributed by atoms with van der Waals surface area (Å²) in [5.41, 5.74) is 3.63. The van der Waals surface area contributed by atoms with Crippen LogP contribution in [0.5, 0.6) is 0 Å². The molecule has 0 aromatic heterocycles. The van der Waals surface area contributed by atoms with Gasteiger partial charge in [-0.15, -0.1) is 0 Å². The van der Waals surface area contributed by atoms with Gasteiger partial charge >= 0.3 is 0 Å². The van der Waals surface area contributed by atoms with E-state index in [1.54, 1.807) is 11.8 Å². The molecule has 0 aromatic rings. The first-order valence-corrected chi connectivity index (χ1v) is 6.30. The molecule has 0 aliphatic rings. The predicted molar refractivity (Wildman–Crippen MR) is 58.3 cm³/mol. The van der Waals surface area contributed by atoms with E-state index in [2.05, 4.69) is 11.1 Å². The molecule has 0 saturated carbocycles. The van der Waals surface area contributed by atoms with Gasteiger partial charge in [0.1, 0.15) is 0 Å². The molecule has 1 amide bonds. The maximum atomic E-state index is 11.5. The Morgan fingerprint density at radius 2 is 2.12 bits per heavy atom. The molecule has 0 radical (unpaired) electrons. The fourth-order valence-corrected chi connectivity index (χ4v) is 1.56. The van der Waals surface area contributed by atoms with Crippen LogP contribution >= 0.6 is 11.8 Å². The molecule has 5 N–H and O–H groups in total. The topological polar surface area (TPSA) is 117 Å². The average Bonchev–Trinajstić information content (AvgIpc) is 2.20. The Hall–Kier alpha value is -0.790. The molecule has 0 heterocycles. The normalized spacial score (nSPS) is 16.2. The number of amides is 1. The monoisotopic (exact) mass is 250 g/mol. The largest absolute Gasteiger partial charge is 0.548 e. The number of aliphatic hydroxyl groups is 1. The predicted octanol–water partition coefficient (Wildman–Crippen LogP) is -3.03. The van der Waals surface area contributed by atoms with E-state index in [4.69, 9.17) is 5.11 Å². The molecule has 94 valence electrons. The lowest BCUT2D eigenvalue weighted by Gasteiger charge is -2.23. The van der Waals surface area contributed by atoms with E-state index >= 15 is 0 Å². The van der Waals surface area contributed by atoms with Crippen LogP contribution in [0.25, 0.3) is 0 Å². The molecule has 0 fully saturated rings. The lowest BCUT2D eigenvalue weighted by Crippen LogP contribution is -2.69. The number of rotatable bonds is 7. The third-order valence-corrected chi connectivity index (χ3v) is 2.72. The van der Waals surface area contributed by atoms with Crippen LogP contribution in [0.2, 0.25) is 0 Å². The summed E-state index contributed by atoms with van der Waals surface area (Å²) < 4.78 is 0. The number of nitrogens with one attached hydrogen (secondary N) is 1. The SMILES string of the molecule is CSCC[C@H]([NH3+])C(=O)N[C@H](C(=O)[O-])[C@@H](C)O. The minimum absolute atomic E-state index is 0.482. The Morgan fingerprint density at radius 3 is 2.50 bits per heavy atom. The van der Waals surface area contributed by atoms with E-state index in [9.17, 15) is 14.7 Å². The molecule has 0 bridgehead atoms. The number of thioether (sulfide) groups is 1. The first-order chi connectivity index (χ1) is 7.40. The molecule has 0 saturated heterocycles. The van der Waals surface area contributed by atoms with Crippen molar-refractivity contribution >= 4 is 23.6 Å². The van der Waals surface area contributed by atoms with Crippen LogP contribution in [0.15, 0.2) is 0 Å². The van der Waals surface area contributed by atoms with Crippen molar-refractivity contribution in [3.05, 3.63) is 0 Å². The fraction of sp³-hybridized carbons (Fsp3) is 0.778. The minimum atomic E-state index is -1.50. The summed E-state index contributed by atoms with van der Waals surface area (Å²) in [7, 11) is 0. The summed E-state index contributed by atoms with van der Waals surface area (Å²) in [6, 6.07) is -1.90. The third-order valence-electron chi connectivity index (χ3n) is 2.08. The van der Waals surface area contributed by atoms with E-state index in [0.29, 0.717) is 6.42 Å². The van der Waals surface area contributed by atoms with Crippen molar-refractivity contribution in [1.29, 1.82) is 0 Å². The van der Waals surface area contributed by atoms with Gasteiger partial charge in [-0.25, -0.2) is 0 Å².